The van der Waals surface area contributed by atoms with Crippen LogP contribution in [0, 0.1) is 18.6 Å². The number of halogens is 6. The fraction of sp³-hybridized carbons (Fsp3) is 0.318. The number of ketones is 1. The van der Waals surface area contributed by atoms with Gasteiger partial charge in [0.15, 0.2) is 5.78 Å². The second-order valence-corrected chi connectivity index (χ2v) is 7.81. The van der Waals surface area contributed by atoms with E-state index in [-0.39, 0.29) is 16.2 Å². The highest BCUT2D eigenvalue weighted by Gasteiger charge is 2.55. The van der Waals surface area contributed by atoms with E-state index in [0.717, 1.165) is 19.1 Å². The summed E-state index contributed by atoms with van der Waals surface area (Å²) < 4.78 is 85.0. The van der Waals surface area contributed by atoms with Crippen molar-refractivity contribution in [3.8, 4) is 0 Å². The number of hydrogen-bond donors (Lipinski definition) is 1. The monoisotopic (exact) mass is 472 g/mol. The highest BCUT2D eigenvalue weighted by molar-refractivity contribution is 6.04. The number of carbonyl (C=O) groups excluding carboxylic acids is 3. The average Bonchev–Trinajstić information content (AvgIpc) is 3.06. The molecule has 1 saturated heterocycles. The third-order valence-electron chi connectivity index (χ3n) is 5.25. The van der Waals surface area contributed by atoms with Crippen molar-refractivity contribution in [2.75, 3.05) is 11.9 Å². The largest absolute Gasteiger partial charge is 0.352 e. The van der Waals surface area contributed by atoms with Crippen LogP contribution in [0.2, 0.25) is 0 Å². The maximum absolute atomic E-state index is 15.0. The number of alkyl halides is 4. The van der Waals surface area contributed by atoms with Gasteiger partial charge in [-0.3, -0.25) is 14.4 Å². The Labute approximate surface area is 184 Å². The van der Waals surface area contributed by atoms with Gasteiger partial charge in [0.2, 0.25) is 0 Å². The first-order chi connectivity index (χ1) is 15.2. The molecule has 33 heavy (non-hydrogen) atoms. The van der Waals surface area contributed by atoms with Crippen molar-refractivity contribution < 1.29 is 40.7 Å². The van der Waals surface area contributed by atoms with E-state index in [1.54, 1.807) is 0 Å². The van der Waals surface area contributed by atoms with Gasteiger partial charge in [-0.05, 0) is 55.8 Å². The van der Waals surface area contributed by atoms with Crippen LogP contribution in [-0.4, -0.2) is 41.0 Å². The van der Waals surface area contributed by atoms with Gasteiger partial charge < -0.3 is 10.2 Å². The molecule has 2 aromatic carbocycles. The lowest BCUT2D eigenvalue weighted by Gasteiger charge is -2.27. The number of hydrogen-bond acceptors (Lipinski definition) is 3. The maximum Gasteiger partial charge on any atom is 0.352 e. The minimum Gasteiger partial charge on any atom is -0.322 e. The number of amides is 2. The quantitative estimate of drug-likeness (QED) is 0.655. The Balaban J connectivity index is 1.91. The first-order valence-electron chi connectivity index (χ1n) is 9.67. The summed E-state index contributed by atoms with van der Waals surface area (Å²) in [7, 11) is 0. The molecule has 176 valence electrons. The summed E-state index contributed by atoms with van der Waals surface area (Å²) in [5, 5.41) is 2.33. The Bertz CT molecular complexity index is 1140. The van der Waals surface area contributed by atoms with Crippen LogP contribution < -0.4 is 5.32 Å². The van der Waals surface area contributed by atoms with E-state index in [1.165, 1.54) is 19.1 Å². The Kier molecular flexibility index (Phi) is 6.27. The third-order valence-corrected chi connectivity index (χ3v) is 5.25. The summed E-state index contributed by atoms with van der Waals surface area (Å²) in [6.07, 6.45) is -1.12. The van der Waals surface area contributed by atoms with Crippen molar-refractivity contribution in [1.29, 1.82) is 0 Å². The lowest BCUT2D eigenvalue weighted by atomic mass is 10.0. The number of nitrogens with zero attached hydrogens (tertiary/aromatic N) is 1. The van der Waals surface area contributed by atoms with Crippen LogP contribution in [0.4, 0.5) is 32.0 Å². The number of benzene rings is 2. The molecule has 5 nitrogen and oxygen atoms in total. The van der Waals surface area contributed by atoms with Crippen LogP contribution in [0.3, 0.4) is 0 Å². The van der Waals surface area contributed by atoms with Gasteiger partial charge in [-0.2, -0.15) is 8.78 Å². The molecule has 11 heteroatoms. The van der Waals surface area contributed by atoms with Gasteiger partial charge in [0.05, 0.1) is 18.2 Å². The van der Waals surface area contributed by atoms with Crippen LogP contribution in [0.5, 0.6) is 0 Å². The maximum atomic E-state index is 15.0. The number of nitrogens with one attached hydrogen (secondary N) is 1. The van der Waals surface area contributed by atoms with E-state index in [9.17, 15) is 40.7 Å². The van der Waals surface area contributed by atoms with Gasteiger partial charge in [-0.25, -0.2) is 17.6 Å². The van der Waals surface area contributed by atoms with Crippen molar-refractivity contribution in [2.24, 2.45) is 0 Å². The molecule has 1 unspecified atom stereocenters. The highest BCUT2D eigenvalue weighted by Crippen LogP contribution is 2.39. The molecule has 0 aromatic heterocycles. The van der Waals surface area contributed by atoms with Crippen molar-refractivity contribution >= 4 is 23.3 Å². The van der Waals surface area contributed by atoms with Crippen molar-refractivity contribution in [1.82, 2.24) is 4.90 Å². The molecule has 2 amide bonds. The van der Waals surface area contributed by atoms with Crippen molar-refractivity contribution in [3.05, 3.63) is 64.7 Å². The Morgan fingerprint density at radius 3 is 2.30 bits per heavy atom. The molecule has 1 fully saturated rings. The normalized spacial score (nSPS) is 17.7. The van der Waals surface area contributed by atoms with Gasteiger partial charge >= 0.3 is 5.92 Å². The third kappa shape index (κ3) is 4.86. The molecular formula is C22H18F6N2O3. The molecule has 1 aliphatic heterocycles. The number of carbonyl (C=O) groups is 3. The summed E-state index contributed by atoms with van der Waals surface area (Å²) in [4.78, 5) is 36.5. The molecule has 1 aliphatic rings. The molecule has 2 aromatic rings. The van der Waals surface area contributed by atoms with Gasteiger partial charge in [0.25, 0.3) is 17.7 Å². The molecule has 0 bridgehead atoms. The summed E-state index contributed by atoms with van der Waals surface area (Å²) >= 11 is 0. The molecule has 1 N–H and O–H groups in total. The second-order valence-electron chi connectivity index (χ2n) is 7.81. The predicted molar refractivity (Wildman–Crippen MR) is 105 cm³/mol. The van der Waals surface area contributed by atoms with Crippen LogP contribution in [0.1, 0.15) is 34.8 Å². The Morgan fingerprint density at radius 2 is 1.70 bits per heavy atom. The lowest BCUT2D eigenvalue weighted by molar-refractivity contribution is -0.162. The van der Waals surface area contributed by atoms with E-state index < -0.39 is 71.2 Å². The smallest absolute Gasteiger partial charge is 0.322 e. The SMILES string of the molecule is CC(=O)C1CC(F)(F)CN1C(=O)C(F)(F)c1cc(C(=O)Nc2ccc(F)c(C)c2)ccc1F. The topological polar surface area (TPSA) is 66.5 Å². The molecule has 0 saturated carbocycles. The summed E-state index contributed by atoms with van der Waals surface area (Å²) in [6, 6.07) is 3.63. The molecular weight excluding hydrogens is 454 g/mol. The van der Waals surface area contributed by atoms with E-state index in [2.05, 4.69) is 5.32 Å². The molecule has 0 radical (unpaired) electrons. The predicted octanol–water partition coefficient (Wildman–Crippen LogP) is 4.44. The lowest BCUT2D eigenvalue weighted by Crippen LogP contribution is -2.47. The molecule has 0 aliphatic carbocycles. The van der Waals surface area contributed by atoms with Crippen molar-refractivity contribution in [3.63, 3.8) is 0 Å². The summed E-state index contributed by atoms with van der Waals surface area (Å²) in [5.74, 6) is -14.3. The fourth-order valence-electron chi connectivity index (χ4n) is 3.52. The van der Waals surface area contributed by atoms with E-state index in [1.807, 2.05) is 0 Å². The Morgan fingerprint density at radius 1 is 1.06 bits per heavy atom. The van der Waals surface area contributed by atoms with E-state index in [0.29, 0.717) is 12.1 Å². The molecule has 3 rings (SSSR count). The zero-order chi connectivity index (χ0) is 24.7. The number of rotatable bonds is 5. The first kappa shape index (κ1) is 24.3. The van der Waals surface area contributed by atoms with Gasteiger partial charge in [0, 0.05) is 17.7 Å². The number of likely N-dealkylation sites (tertiary alicyclic amines) is 1. The minimum absolute atomic E-state index is 0.0375. The average molecular weight is 472 g/mol. The Hall–Kier alpha value is -3.37. The molecule has 1 heterocycles. The molecule has 0 spiro atoms. The minimum atomic E-state index is -4.64. The summed E-state index contributed by atoms with van der Waals surface area (Å²) in [5.41, 5.74) is -1.63. The number of aryl methyl sites for hydroxylation is 1. The van der Waals surface area contributed by atoms with Crippen LogP contribution in [0.25, 0.3) is 0 Å². The standard InChI is InChI=1S/C22H18F6N2O3/c1-11-7-14(4-6-16(11)23)29-19(32)13-3-5-17(24)15(8-13)22(27,28)20(33)30-10-21(25,26)9-18(30)12(2)31/h3-8,18H,9-10H2,1-2H3,(H,29,32). The van der Waals surface area contributed by atoms with Gasteiger partial charge in [-0.15, -0.1) is 0 Å². The number of Topliss-reactive ketones (excluding diaryl/α,β-unsaturated/α-hetero) is 1. The number of anilines is 1. The van der Waals surface area contributed by atoms with E-state index >= 15 is 0 Å². The first-order valence-corrected chi connectivity index (χ1v) is 9.67. The van der Waals surface area contributed by atoms with Crippen molar-refractivity contribution in [2.45, 2.75) is 38.2 Å². The van der Waals surface area contributed by atoms with E-state index in [4.69, 9.17) is 0 Å². The van der Waals surface area contributed by atoms with Crippen LogP contribution in [-0.2, 0) is 15.5 Å². The molecule has 1 atom stereocenters. The van der Waals surface area contributed by atoms with Gasteiger partial charge in [0.1, 0.15) is 11.6 Å². The fourth-order valence-corrected chi connectivity index (χ4v) is 3.52. The van der Waals surface area contributed by atoms with Crippen LogP contribution >= 0.6 is 0 Å². The van der Waals surface area contributed by atoms with Gasteiger partial charge in [-0.1, -0.05) is 0 Å². The highest BCUT2D eigenvalue weighted by atomic mass is 19.3. The zero-order valence-electron chi connectivity index (χ0n) is 17.4. The second kappa shape index (κ2) is 8.53. The zero-order valence-corrected chi connectivity index (χ0v) is 17.4. The summed E-state index contributed by atoms with van der Waals surface area (Å²) in [6.45, 7) is 0.897. The van der Waals surface area contributed by atoms with Crippen LogP contribution in [0.15, 0.2) is 36.4 Å².